The summed E-state index contributed by atoms with van der Waals surface area (Å²) in [6.45, 7) is 8.28. The smallest absolute Gasteiger partial charge is 0.223 e. The highest BCUT2D eigenvalue weighted by atomic mass is 16.5. The van der Waals surface area contributed by atoms with Gasteiger partial charge in [-0.2, -0.15) is 0 Å². The number of hydrogen-bond donors (Lipinski definition) is 0. The van der Waals surface area contributed by atoms with Gasteiger partial charge in [0.15, 0.2) is 0 Å². The van der Waals surface area contributed by atoms with E-state index in [0.29, 0.717) is 6.42 Å². The second-order valence-electron chi connectivity index (χ2n) is 6.19. The van der Waals surface area contributed by atoms with Crippen molar-refractivity contribution in [3.8, 4) is 5.75 Å². The lowest BCUT2D eigenvalue weighted by Gasteiger charge is -2.28. The Labute approximate surface area is 116 Å². The molecule has 0 N–H and O–H groups in total. The summed E-state index contributed by atoms with van der Waals surface area (Å²) in [5, 5.41) is 0. The molecule has 0 spiro atoms. The maximum absolute atomic E-state index is 12.2. The minimum atomic E-state index is 0.0188. The Morgan fingerprint density at radius 3 is 2.21 bits per heavy atom. The van der Waals surface area contributed by atoms with Gasteiger partial charge in [0, 0.05) is 13.5 Å². The number of ether oxygens (including phenoxy) is 1. The van der Waals surface area contributed by atoms with Crippen molar-refractivity contribution in [2.45, 2.75) is 40.2 Å². The predicted molar refractivity (Wildman–Crippen MR) is 78.3 cm³/mol. The van der Waals surface area contributed by atoms with E-state index < -0.39 is 0 Å². The van der Waals surface area contributed by atoms with E-state index in [-0.39, 0.29) is 17.4 Å². The molecule has 1 atom stereocenters. The summed E-state index contributed by atoms with van der Waals surface area (Å²) in [5.74, 6) is 1.01. The zero-order chi connectivity index (χ0) is 14.6. The Morgan fingerprint density at radius 2 is 1.79 bits per heavy atom. The maximum atomic E-state index is 12.2. The molecular formula is C16H25NO2. The van der Waals surface area contributed by atoms with Crippen LogP contribution in [-0.2, 0) is 4.79 Å². The van der Waals surface area contributed by atoms with Gasteiger partial charge in [-0.05, 0) is 30.0 Å². The van der Waals surface area contributed by atoms with Crippen LogP contribution in [0.4, 0.5) is 0 Å². The molecule has 19 heavy (non-hydrogen) atoms. The highest BCUT2D eigenvalue weighted by molar-refractivity contribution is 5.77. The summed E-state index contributed by atoms with van der Waals surface area (Å²) in [4.78, 5) is 14.0. The van der Waals surface area contributed by atoms with Crippen LogP contribution in [-0.4, -0.2) is 25.0 Å². The summed E-state index contributed by atoms with van der Waals surface area (Å²) >= 11 is 0. The van der Waals surface area contributed by atoms with Gasteiger partial charge in [-0.15, -0.1) is 0 Å². The third-order valence-corrected chi connectivity index (χ3v) is 3.25. The van der Waals surface area contributed by atoms with Gasteiger partial charge >= 0.3 is 0 Å². The highest BCUT2D eigenvalue weighted by Gasteiger charge is 2.22. The molecule has 0 aromatic heterocycles. The number of benzene rings is 1. The van der Waals surface area contributed by atoms with Crippen LogP contribution in [0.15, 0.2) is 24.3 Å². The van der Waals surface area contributed by atoms with Gasteiger partial charge in [0.2, 0.25) is 5.91 Å². The van der Waals surface area contributed by atoms with E-state index in [1.807, 2.05) is 43.1 Å². The minimum absolute atomic E-state index is 0.0188. The van der Waals surface area contributed by atoms with Gasteiger partial charge < -0.3 is 9.64 Å². The Bertz CT molecular complexity index is 417. The first-order chi connectivity index (χ1) is 8.74. The van der Waals surface area contributed by atoms with Crippen molar-refractivity contribution in [2.24, 2.45) is 5.41 Å². The molecule has 1 rings (SSSR count). The van der Waals surface area contributed by atoms with E-state index in [1.54, 1.807) is 7.11 Å². The summed E-state index contributed by atoms with van der Waals surface area (Å²) in [5.41, 5.74) is 1.14. The molecule has 0 saturated carbocycles. The molecule has 0 aliphatic heterocycles. The molecule has 0 aliphatic carbocycles. The monoisotopic (exact) mass is 263 g/mol. The lowest BCUT2D eigenvalue weighted by molar-refractivity contribution is -0.133. The van der Waals surface area contributed by atoms with E-state index in [2.05, 4.69) is 20.8 Å². The topological polar surface area (TPSA) is 29.5 Å². The molecule has 0 aliphatic rings. The average molecular weight is 263 g/mol. The Kier molecular flexibility index (Phi) is 4.98. The number of rotatable bonds is 4. The fraction of sp³-hybridized carbons (Fsp3) is 0.562. The lowest BCUT2D eigenvalue weighted by Crippen LogP contribution is -2.32. The number of carbonyl (C=O) groups excluding carboxylic acids is 1. The molecule has 0 radical (unpaired) electrons. The van der Waals surface area contributed by atoms with Crippen molar-refractivity contribution in [2.75, 3.05) is 14.2 Å². The molecule has 1 aromatic rings. The Morgan fingerprint density at radius 1 is 1.26 bits per heavy atom. The van der Waals surface area contributed by atoms with E-state index in [4.69, 9.17) is 4.74 Å². The first-order valence-corrected chi connectivity index (χ1v) is 6.64. The summed E-state index contributed by atoms with van der Waals surface area (Å²) in [6, 6.07) is 7.93. The van der Waals surface area contributed by atoms with Crippen LogP contribution in [0, 0.1) is 5.41 Å². The van der Waals surface area contributed by atoms with Crippen molar-refractivity contribution in [1.82, 2.24) is 4.90 Å². The largest absolute Gasteiger partial charge is 0.497 e. The number of nitrogens with zero attached hydrogens (tertiary/aromatic N) is 1. The van der Waals surface area contributed by atoms with Gasteiger partial charge in [-0.1, -0.05) is 32.9 Å². The standard InChI is InChI=1S/C16H25NO2/c1-12(13-7-9-14(19-6)10-8-13)17(5)15(18)11-16(2,3)4/h7-10,12H,11H2,1-6H3. The molecule has 3 nitrogen and oxygen atoms in total. The zero-order valence-electron chi connectivity index (χ0n) is 12.9. The SMILES string of the molecule is COc1ccc(C(C)N(C)C(=O)CC(C)(C)C)cc1. The lowest BCUT2D eigenvalue weighted by atomic mass is 9.91. The van der Waals surface area contributed by atoms with Crippen LogP contribution in [0.2, 0.25) is 0 Å². The molecule has 0 bridgehead atoms. The molecule has 3 heteroatoms. The summed E-state index contributed by atoms with van der Waals surface area (Å²) in [7, 11) is 3.51. The third kappa shape index (κ3) is 4.58. The van der Waals surface area contributed by atoms with Crippen molar-refractivity contribution in [1.29, 1.82) is 0 Å². The fourth-order valence-electron chi connectivity index (χ4n) is 1.90. The molecule has 106 valence electrons. The van der Waals surface area contributed by atoms with E-state index in [0.717, 1.165) is 11.3 Å². The normalized spacial score (nSPS) is 12.9. The van der Waals surface area contributed by atoms with Gasteiger partial charge in [0.25, 0.3) is 0 Å². The molecule has 0 saturated heterocycles. The van der Waals surface area contributed by atoms with Crippen LogP contribution in [0.25, 0.3) is 0 Å². The minimum Gasteiger partial charge on any atom is -0.497 e. The molecule has 1 aromatic carbocycles. The van der Waals surface area contributed by atoms with Crippen LogP contribution < -0.4 is 4.74 Å². The van der Waals surface area contributed by atoms with Gasteiger partial charge in [0.05, 0.1) is 13.2 Å². The van der Waals surface area contributed by atoms with Crippen molar-refractivity contribution in [3.05, 3.63) is 29.8 Å². The second kappa shape index (κ2) is 6.09. The number of carbonyl (C=O) groups is 1. The van der Waals surface area contributed by atoms with E-state index in [1.165, 1.54) is 0 Å². The second-order valence-corrected chi connectivity index (χ2v) is 6.19. The summed E-state index contributed by atoms with van der Waals surface area (Å²) in [6.07, 6.45) is 0.560. The molecule has 0 heterocycles. The first kappa shape index (κ1) is 15.5. The fourth-order valence-corrected chi connectivity index (χ4v) is 1.90. The third-order valence-electron chi connectivity index (χ3n) is 3.25. The van der Waals surface area contributed by atoms with Gasteiger partial charge in [-0.3, -0.25) is 4.79 Å². The average Bonchev–Trinajstić information content (AvgIpc) is 2.35. The van der Waals surface area contributed by atoms with Gasteiger partial charge in [0.1, 0.15) is 5.75 Å². The molecule has 1 amide bonds. The first-order valence-electron chi connectivity index (χ1n) is 6.64. The molecule has 0 fully saturated rings. The van der Waals surface area contributed by atoms with Crippen molar-refractivity contribution in [3.63, 3.8) is 0 Å². The van der Waals surface area contributed by atoms with Crippen molar-refractivity contribution >= 4 is 5.91 Å². The highest BCUT2D eigenvalue weighted by Crippen LogP contribution is 2.25. The van der Waals surface area contributed by atoms with Crippen molar-refractivity contribution < 1.29 is 9.53 Å². The number of methoxy groups -OCH3 is 1. The predicted octanol–water partition coefficient (Wildman–Crippen LogP) is 3.65. The van der Waals surface area contributed by atoms with Gasteiger partial charge in [-0.25, -0.2) is 0 Å². The Balaban J connectivity index is 2.75. The Hall–Kier alpha value is -1.51. The van der Waals surface area contributed by atoms with E-state index >= 15 is 0 Å². The molecule has 1 unspecified atom stereocenters. The zero-order valence-corrected chi connectivity index (χ0v) is 12.9. The maximum Gasteiger partial charge on any atom is 0.223 e. The quantitative estimate of drug-likeness (QED) is 0.830. The van der Waals surface area contributed by atoms with Crippen LogP contribution in [0.3, 0.4) is 0 Å². The van der Waals surface area contributed by atoms with E-state index in [9.17, 15) is 4.79 Å². The number of hydrogen-bond acceptors (Lipinski definition) is 2. The van der Waals surface area contributed by atoms with Crippen LogP contribution in [0.1, 0.15) is 45.7 Å². The van der Waals surface area contributed by atoms with Crippen LogP contribution >= 0.6 is 0 Å². The summed E-state index contributed by atoms with van der Waals surface area (Å²) < 4.78 is 5.14. The number of amides is 1. The molecular weight excluding hydrogens is 238 g/mol. The van der Waals surface area contributed by atoms with Crippen LogP contribution in [0.5, 0.6) is 5.75 Å².